The Morgan fingerprint density at radius 3 is 3.15 bits per heavy atom. The first-order chi connectivity index (χ1) is 6.33. The summed E-state index contributed by atoms with van der Waals surface area (Å²) in [5, 5.41) is 0. The van der Waals surface area contributed by atoms with Gasteiger partial charge in [0.25, 0.3) is 0 Å². The zero-order valence-corrected chi connectivity index (χ0v) is 8.04. The summed E-state index contributed by atoms with van der Waals surface area (Å²) in [5.74, 6) is 1.07. The summed E-state index contributed by atoms with van der Waals surface area (Å²) in [6, 6.07) is 0.541. The smallest absolute Gasteiger partial charge is 0.222 e. The van der Waals surface area contributed by atoms with E-state index in [9.17, 15) is 4.79 Å². The molecule has 2 saturated heterocycles. The molecule has 0 N–H and O–H groups in total. The molecule has 2 heterocycles. The normalized spacial score (nSPS) is 33.2. The Labute approximate surface area is 79.6 Å². The number of amides is 1. The van der Waals surface area contributed by atoms with Crippen LogP contribution < -0.4 is 0 Å². The quantitative estimate of drug-likeness (QED) is 0.593. The lowest BCUT2D eigenvalue weighted by molar-refractivity contribution is -0.136. The molecule has 2 nitrogen and oxygen atoms in total. The van der Waals surface area contributed by atoms with E-state index in [4.69, 9.17) is 0 Å². The molecule has 0 spiro atoms. The fourth-order valence-electron chi connectivity index (χ4n) is 2.73. The van der Waals surface area contributed by atoms with Gasteiger partial charge < -0.3 is 4.90 Å². The molecular weight excluding hydrogens is 162 g/mol. The van der Waals surface area contributed by atoms with Crippen molar-refractivity contribution in [2.75, 3.05) is 6.54 Å². The van der Waals surface area contributed by atoms with Crippen LogP contribution in [-0.4, -0.2) is 23.4 Å². The second-order valence-electron chi connectivity index (χ2n) is 4.12. The summed E-state index contributed by atoms with van der Waals surface area (Å²) in [6.45, 7) is 4.78. The third-order valence-corrected chi connectivity index (χ3v) is 3.36. The van der Waals surface area contributed by atoms with Crippen molar-refractivity contribution in [3.05, 3.63) is 12.7 Å². The van der Waals surface area contributed by atoms with Crippen LogP contribution in [0.3, 0.4) is 0 Å². The summed E-state index contributed by atoms with van der Waals surface area (Å²) in [7, 11) is 0. The van der Waals surface area contributed by atoms with Gasteiger partial charge in [0.05, 0.1) is 0 Å². The Hall–Kier alpha value is -0.790. The standard InChI is InChI=1S/C11H17NO/c1-2-4-9-6-7-11(13)12-8-3-5-10(9)12/h2,9-10H,1,3-8H2/t9-,10-/m0/s1. The molecule has 2 atom stereocenters. The maximum atomic E-state index is 11.5. The van der Waals surface area contributed by atoms with E-state index in [0.717, 1.165) is 25.8 Å². The van der Waals surface area contributed by atoms with Crippen LogP contribution >= 0.6 is 0 Å². The van der Waals surface area contributed by atoms with E-state index in [0.29, 0.717) is 17.9 Å². The average Bonchev–Trinajstić information content (AvgIpc) is 2.59. The number of fused-ring (bicyclic) bond motifs is 1. The number of rotatable bonds is 2. The minimum atomic E-state index is 0.378. The predicted octanol–water partition coefficient (Wildman–Crippen LogP) is 1.96. The average molecular weight is 179 g/mol. The van der Waals surface area contributed by atoms with Crippen molar-refractivity contribution in [1.29, 1.82) is 0 Å². The van der Waals surface area contributed by atoms with Gasteiger partial charge in [-0.3, -0.25) is 4.79 Å². The Morgan fingerprint density at radius 2 is 2.38 bits per heavy atom. The summed E-state index contributed by atoms with van der Waals surface area (Å²) >= 11 is 0. The minimum absolute atomic E-state index is 0.378. The third-order valence-electron chi connectivity index (χ3n) is 3.36. The van der Waals surface area contributed by atoms with Crippen LogP contribution in [0.4, 0.5) is 0 Å². The Balaban J connectivity index is 2.07. The molecular formula is C11H17NO. The lowest BCUT2D eigenvalue weighted by Gasteiger charge is -2.36. The maximum absolute atomic E-state index is 11.5. The highest BCUT2D eigenvalue weighted by atomic mass is 16.2. The number of hydrogen-bond acceptors (Lipinski definition) is 1. The van der Waals surface area contributed by atoms with Crippen LogP contribution in [-0.2, 0) is 4.79 Å². The van der Waals surface area contributed by atoms with Gasteiger partial charge >= 0.3 is 0 Å². The molecule has 2 rings (SSSR count). The largest absolute Gasteiger partial charge is 0.339 e. The molecule has 0 aliphatic carbocycles. The Kier molecular flexibility index (Phi) is 2.38. The molecule has 13 heavy (non-hydrogen) atoms. The molecule has 2 fully saturated rings. The predicted molar refractivity (Wildman–Crippen MR) is 52.3 cm³/mol. The van der Waals surface area contributed by atoms with Gasteiger partial charge in [-0.15, -0.1) is 6.58 Å². The summed E-state index contributed by atoms with van der Waals surface area (Å²) < 4.78 is 0. The molecule has 0 aromatic carbocycles. The molecule has 1 amide bonds. The van der Waals surface area contributed by atoms with Gasteiger partial charge in [-0.2, -0.15) is 0 Å². The van der Waals surface area contributed by atoms with Crippen LogP contribution in [0, 0.1) is 5.92 Å². The molecule has 2 aliphatic heterocycles. The van der Waals surface area contributed by atoms with Crippen molar-refractivity contribution >= 4 is 5.91 Å². The first-order valence-corrected chi connectivity index (χ1v) is 5.23. The molecule has 0 aromatic heterocycles. The topological polar surface area (TPSA) is 20.3 Å². The van der Waals surface area contributed by atoms with Crippen LogP contribution in [0.5, 0.6) is 0 Å². The monoisotopic (exact) mass is 179 g/mol. The fraction of sp³-hybridized carbons (Fsp3) is 0.727. The van der Waals surface area contributed by atoms with Gasteiger partial charge in [0.15, 0.2) is 0 Å². The van der Waals surface area contributed by atoms with E-state index in [1.807, 2.05) is 6.08 Å². The van der Waals surface area contributed by atoms with E-state index < -0.39 is 0 Å². The molecule has 2 aliphatic rings. The minimum Gasteiger partial charge on any atom is -0.339 e. The van der Waals surface area contributed by atoms with Crippen LogP contribution in [0.15, 0.2) is 12.7 Å². The van der Waals surface area contributed by atoms with Crippen LogP contribution in [0.2, 0.25) is 0 Å². The van der Waals surface area contributed by atoms with Gasteiger partial charge in [-0.25, -0.2) is 0 Å². The number of hydrogen-bond donors (Lipinski definition) is 0. The number of allylic oxidation sites excluding steroid dienone is 1. The van der Waals surface area contributed by atoms with Gasteiger partial charge in [0.1, 0.15) is 0 Å². The highest BCUT2D eigenvalue weighted by Crippen LogP contribution is 2.34. The molecule has 0 radical (unpaired) electrons. The second-order valence-corrected chi connectivity index (χ2v) is 4.12. The first kappa shape index (κ1) is 8.79. The van der Waals surface area contributed by atoms with Crippen molar-refractivity contribution in [3.63, 3.8) is 0 Å². The Bertz CT molecular complexity index is 224. The van der Waals surface area contributed by atoms with Crippen LogP contribution in [0.1, 0.15) is 32.1 Å². The van der Waals surface area contributed by atoms with Gasteiger partial charge in [-0.05, 0) is 31.6 Å². The molecule has 0 saturated carbocycles. The van der Waals surface area contributed by atoms with E-state index in [2.05, 4.69) is 11.5 Å². The summed E-state index contributed by atoms with van der Waals surface area (Å²) in [5.41, 5.74) is 0. The summed E-state index contributed by atoms with van der Waals surface area (Å²) in [6.07, 6.45) is 7.32. The molecule has 0 aromatic rings. The fourth-order valence-corrected chi connectivity index (χ4v) is 2.73. The summed E-state index contributed by atoms with van der Waals surface area (Å²) in [4.78, 5) is 13.6. The highest BCUT2D eigenvalue weighted by Gasteiger charge is 2.37. The lowest BCUT2D eigenvalue weighted by atomic mass is 9.86. The molecule has 0 bridgehead atoms. The van der Waals surface area contributed by atoms with Crippen LogP contribution in [0.25, 0.3) is 0 Å². The maximum Gasteiger partial charge on any atom is 0.222 e. The van der Waals surface area contributed by atoms with E-state index in [1.54, 1.807) is 0 Å². The van der Waals surface area contributed by atoms with Crippen molar-refractivity contribution in [2.24, 2.45) is 5.92 Å². The Morgan fingerprint density at radius 1 is 1.54 bits per heavy atom. The van der Waals surface area contributed by atoms with Crippen molar-refractivity contribution in [3.8, 4) is 0 Å². The zero-order chi connectivity index (χ0) is 9.26. The SMILES string of the molecule is C=CC[C@H]1CCC(=O)N2CCC[C@@H]12. The van der Waals surface area contributed by atoms with Crippen molar-refractivity contribution < 1.29 is 4.79 Å². The van der Waals surface area contributed by atoms with Gasteiger partial charge in [0.2, 0.25) is 5.91 Å². The van der Waals surface area contributed by atoms with Gasteiger partial charge in [-0.1, -0.05) is 6.08 Å². The van der Waals surface area contributed by atoms with Gasteiger partial charge in [0, 0.05) is 19.0 Å². The number of carbonyl (C=O) groups is 1. The first-order valence-electron chi connectivity index (χ1n) is 5.23. The third kappa shape index (κ3) is 1.50. The number of carbonyl (C=O) groups excluding carboxylic acids is 1. The van der Waals surface area contributed by atoms with E-state index in [1.165, 1.54) is 12.8 Å². The van der Waals surface area contributed by atoms with Crippen molar-refractivity contribution in [2.45, 2.75) is 38.1 Å². The lowest BCUT2D eigenvalue weighted by Crippen LogP contribution is -2.44. The van der Waals surface area contributed by atoms with E-state index in [-0.39, 0.29) is 0 Å². The molecule has 2 heteroatoms. The van der Waals surface area contributed by atoms with E-state index >= 15 is 0 Å². The highest BCUT2D eigenvalue weighted by molar-refractivity contribution is 5.77. The molecule has 72 valence electrons. The number of nitrogens with zero attached hydrogens (tertiary/aromatic N) is 1. The zero-order valence-electron chi connectivity index (χ0n) is 8.04. The second kappa shape index (κ2) is 3.52. The van der Waals surface area contributed by atoms with Crippen molar-refractivity contribution in [1.82, 2.24) is 4.90 Å². The number of piperidine rings is 1. The molecule has 0 unspecified atom stereocenters.